The van der Waals surface area contributed by atoms with Gasteiger partial charge in [-0.15, -0.1) is 11.3 Å². The number of nitrogens with one attached hydrogen (secondary N) is 1. The molecule has 5 fully saturated rings. The number of rotatable bonds is 9. The van der Waals surface area contributed by atoms with E-state index in [0.29, 0.717) is 66.0 Å². The third-order valence-corrected chi connectivity index (χ3v) is 10.6. The Morgan fingerprint density at radius 3 is 2.70 bits per heavy atom. The van der Waals surface area contributed by atoms with E-state index in [9.17, 15) is 23.9 Å². The molecule has 8 rings (SSSR count). The van der Waals surface area contributed by atoms with Gasteiger partial charge in [0.2, 0.25) is 0 Å². The number of carbonyl (C=O) groups is 3. The minimum atomic E-state index is -0.771. The van der Waals surface area contributed by atoms with Gasteiger partial charge in [0.15, 0.2) is 10.8 Å². The highest BCUT2D eigenvalue weighted by molar-refractivity contribution is 7.11. The third-order valence-electron chi connectivity index (χ3n) is 9.81. The Hall–Kier alpha value is -3.84. The van der Waals surface area contributed by atoms with Crippen molar-refractivity contribution in [3.63, 3.8) is 0 Å². The van der Waals surface area contributed by atoms with E-state index in [1.165, 1.54) is 23.5 Å². The molecule has 1 aromatic carbocycles. The average molecular weight is 623 g/mol. The molecule has 2 bridgehead atoms. The predicted octanol–water partition coefficient (Wildman–Crippen LogP) is 3.32. The first kappa shape index (κ1) is 28.9. The molecule has 13 heteroatoms. The van der Waals surface area contributed by atoms with Crippen LogP contribution >= 0.6 is 11.3 Å². The molecule has 3 aliphatic heterocycles. The smallest absolute Gasteiger partial charge is 0.338 e. The maximum atomic E-state index is 14.1. The van der Waals surface area contributed by atoms with Crippen molar-refractivity contribution in [3.8, 4) is 0 Å². The number of hydrogen-bond acceptors (Lipinski definition) is 9. The van der Waals surface area contributed by atoms with Gasteiger partial charge in [-0.2, -0.15) is 0 Å². The molecule has 3 aliphatic carbocycles. The molecule has 11 nitrogen and oxygen atoms in total. The number of ether oxygens (including phenoxy) is 1. The number of thiazole rings is 1. The van der Waals surface area contributed by atoms with Gasteiger partial charge in [-0.05, 0) is 61.8 Å². The highest BCUT2D eigenvalue weighted by Gasteiger charge is 2.72. The van der Waals surface area contributed by atoms with Crippen LogP contribution in [0.4, 0.5) is 9.18 Å². The highest BCUT2D eigenvalue weighted by atomic mass is 32.1. The largest absolute Gasteiger partial charge is 0.481 e. The van der Waals surface area contributed by atoms with E-state index in [1.807, 2.05) is 15.2 Å². The zero-order valence-electron chi connectivity index (χ0n) is 24.7. The van der Waals surface area contributed by atoms with Gasteiger partial charge in [0.25, 0.3) is 0 Å². The van der Waals surface area contributed by atoms with Crippen LogP contribution in [-0.2, 0) is 14.3 Å². The van der Waals surface area contributed by atoms with Crippen LogP contribution in [0.1, 0.15) is 54.8 Å². The Bertz CT molecular complexity index is 1570. The van der Waals surface area contributed by atoms with E-state index in [2.05, 4.69) is 15.2 Å². The maximum Gasteiger partial charge on any atom is 0.338 e. The summed E-state index contributed by atoms with van der Waals surface area (Å²) in [5.41, 5.74) is 2.09. The van der Waals surface area contributed by atoms with Crippen LogP contribution in [0.2, 0.25) is 0 Å². The molecule has 4 heterocycles. The van der Waals surface area contributed by atoms with Crippen LogP contribution in [0, 0.1) is 18.2 Å². The Labute approximate surface area is 258 Å². The molecule has 6 aliphatic rings. The van der Waals surface area contributed by atoms with Crippen LogP contribution in [0.25, 0.3) is 0 Å². The Morgan fingerprint density at radius 1 is 1.23 bits per heavy atom. The summed E-state index contributed by atoms with van der Waals surface area (Å²) in [7, 11) is 0. The van der Waals surface area contributed by atoms with E-state index >= 15 is 0 Å². The van der Waals surface area contributed by atoms with Crippen molar-refractivity contribution >= 4 is 35.1 Å². The molecule has 1 aromatic heterocycles. The number of hydrogen-bond donors (Lipinski definition) is 2. The lowest BCUT2D eigenvalue weighted by Crippen LogP contribution is -2.75. The van der Waals surface area contributed by atoms with Gasteiger partial charge >= 0.3 is 18.0 Å². The van der Waals surface area contributed by atoms with Gasteiger partial charge in [-0.25, -0.2) is 19.0 Å². The van der Waals surface area contributed by atoms with E-state index in [-0.39, 0.29) is 41.9 Å². The molecule has 0 spiro atoms. The second kappa shape index (κ2) is 10.7. The number of amides is 2. The number of esters is 1. The zero-order valence-corrected chi connectivity index (χ0v) is 25.5. The van der Waals surface area contributed by atoms with Crippen molar-refractivity contribution in [1.82, 2.24) is 25.0 Å². The third kappa shape index (κ3) is 4.76. The lowest BCUT2D eigenvalue weighted by atomic mass is 9.38. The van der Waals surface area contributed by atoms with Crippen molar-refractivity contribution in [2.75, 3.05) is 39.3 Å². The number of aliphatic carboxylic acids is 1. The Morgan fingerprint density at radius 2 is 2.02 bits per heavy atom. The topological polar surface area (TPSA) is 128 Å². The normalized spacial score (nSPS) is 29.4. The molecule has 2 atom stereocenters. The molecule has 2 N–H and O–H groups in total. The summed E-state index contributed by atoms with van der Waals surface area (Å²) in [4.78, 5) is 53.8. The number of aryl methyl sites for hydroxylation is 1. The second-order valence-electron chi connectivity index (χ2n) is 12.8. The maximum absolute atomic E-state index is 14.1. The number of urea groups is 1. The Balaban J connectivity index is 1.14. The van der Waals surface area contributed by atoms with Gasteiger partial charge in [-0.1, -0.05) is 6.07 Å². The van der Waals surface area contributed by atoms with Crippen LogP contribution in [-0.4, -0.2) is 99.5 Å². The van der Waals surface area contributed by atoms with Crippen LogP contribution in [0.3, 0.4) is 0 Å². The lowest BCUT2D eigenvalue weighted by molar-refractivity contribution is -0.208. The van der Waals surface area contributed by atoms with Gasteiger partial charge in [-0.3, -0.25) is 14.7 Å². The fourth-order valence-corrected chi connectivity index (χ4v) is 8.65. The van der Waals surface area contributed by atoms with Gasteiger partial charge < -0.3 is 25.0 Å². The lowest BCUT2D eigenvalue weighted by Gasteiger charge is -2.73. The summed E-state index contributed by atoms with van der Waals surface area (Å²) < 4.78 is 19.6. The van der Waals surface area contributed by atoms with E-state index in [4.69, 9.17) is 9.73 Å². The Kier molecular flexibility index (Phi) is 7.00. The van der Waals surface area contributed by atoms with Gasteiger partial charge in [0.05, 0.1) is 24.6 Å². The first-order chi connectivity index (χ1) is 21.1. The quantitative estimate of drug-likeness (QED) is 0.408. The zero-order chi connectivity index (χ0) is 30.8. The van der Waals surface area contributed by atoms with Crippen molar-refractivity contribution < 1.29 is 28.6 Å². The molecule has 2 unspecified atom stereocenters. The first-order valence-corrected chi connectivity index (χ1v) is 15.9. The van der Waals surface area contributed by atoms with Crippen molar-refractivity contribution in [2.45, 2.75) is 57.2 Å². The molecule has 3 saturated carbocycles. The van der Waals surface area contributed by atoms with Crippen molar-refractivity contribution in [2.24, 2.45) is 10.4 Å². The van der Waals surface area contributed by atoms with Gasteiger partial charge in [0.1, 0.15) is 11.9 Å². The predicted molar refractivity (Wildman–Crippen MR) is 160 cm³/mol. The van der Waals surface area contributed by atoms with E-state index < -0.39 is 18.0 Å². The number of carboxylic acid groups (broad SMARTS) is 1. The molecule has 44 heavy (non-hydrogen) atoms. The van der Waals surface area contributed by atoms with Crippen molar-refractivity contribution in [3.05, 3.63) is 63.0 Å². The van der Waals surface area contributed by atoms with E-state index in [0.717, 1.165) is 19.3 Å². The fourth-order valence-electron chi connectivity index (χ4n) is 8.06. The number of fused-ring (bicyclic) bond motifs is 1. The molecule has 2 amide bonds. The SMILES string of the molecule is CCOC(=O)C1=C(CN2CCN3C(=O)N(C45CC(CC(=O)O)(C4)C5)CC3C2)NC(c2nccs2)=NC1c1ccc(F)cc1C. The van der Waals surface area contributed by atoms with Gasteiger partial charge in [0, 0.05) is 55.5 Å². The fraction of sp³-hybridized carbons (Fsp3) is 0.516. The number of nitrogens with zero attached hydrogens (tertiary/aromatic N) is 5. The van der Waals surface area contributed by atoms with Crippen LogP contribution in [0.5, 0.6) is 0 Å². The minimum absolute atomic E-state index is 0.00169. The second-order valence-corrected chi connectivity index (χ2v) is 13.7. The summed E-state index contributed by atoms with van der Waals surface area (Å²) >= 11 is 1.43. The monoisotopic (exact) mass is 622 g/mol. The summed E-state index contributed by atoms with van der Waals surface area (Å²) in [6, 6.07) is 3.82. The molecule has 2 aromatic rings. The number of aromatic nitrogens is 1. The standard InChI is InChI=1S/C31H35FN6O5S/c1-3-43-28(41)24-22(34-26(27-33-6-9-44-27)35-25(24)21-5-4-19(32)10-18(21)2)14-36-7-8-37-20(12-36)13-38(29(37)42)31-15-30(16-31,17-31)11-23(39)40/h4-6,9-10,20,25H,3,7-8,11-17H2,1-2H3,(H,34,35)(H,39,40). The van der Waals surface area contributed by atoms with Crippen molar-refractivity contribution in [1.29, 1.82) is 0 Å². The number of aliphatic imine (C=N–C) groups is 1. The summed E-state index contributed by atoms with van der Waals surface area (Å²) in [5.74, 6) is -1.08. The number of amidine groups is 1. The summed E-state index contributed by atoms with van der Waals surface area (Å²) in [6.07, 6.45) is 4.18. The van der Waals surface area contributed by atoms with Crippen LogP contribution < -0.4 is 5.32 Å². The number of halogens is 1. The molecule has 2 saturated heterocycles. The molecule has 232 valence electrons. The minimum Gasteiger partial charge on any atom is -0.481 e. The van der Waals surface area contributed by atoms with Crippen LogP contribution in [0.15, 0.2) is 46.0 Å². The molecular formula is C31H35FN6O5S. The number of carboxylic acids is 1. The highest BCUT2D eigenvalue weighted by Crippen LogP contribution is 2.72. The summed E-state index contributed by atoms with van der Waals surface area (Å²) in [6.45, 7) is 6.59. The first-order valence-electron chi connectivity index (χ1n) is 15.0. The van der Waals surface area contributed by atoms with E-state index in [1.54, 1.807) is 26.1 Å². The number of benzene rings is 1. The number of carbonyl (C=O) groups excluding carboxylic acids is 2. The number of piperazine rings is 1. The molecule has 0 radical (unpaired) electrons. The molecular weight excluding hydrogens is 587 g/mol. The summed E-state index contributed by atoms with van der Waals surface area (Å²) in [5, 5.41) is 15.2. The average Bonchev–Trinajstić information content (AvgIpc) is 3.58.